The number of carboxylic acid groups (broad SMARTS) is 1. The number of rotatable bonds is 7. The van der Waals surface area contributed by atoms with E-state index < -0.39 is 22.0 Å². The average molecular weight is 309 g/mol. The third kappa shape index (κ3) is 4.14. The zero-order chi connectivity index (χ0) is 15.3. The Morgan fingerprint density at radius 3 is 2.62 bits per heavy atom. The molecule has 0 radical (unpaired) electrons. The third-order valence-electron chi connectivity index (χ3n) is 2.92. The summed E-state index contributed by atoms with van der Waals surface area (Å²) in [6, 6.07) is 8.09. The Morgan fingerprint density at radius 2 is 2.05 bits per heavy atom. The zero-order valence-electron chi connectivity index (χ0n) is 11.1. The maximum absolute atomic E-state index is 12.0. The molecule has 8 heteroatoms. The number of benzene rings is 1. The number of aromatic nitrogens is 2. The van der Waals surface area contributed by atoms with Crippen LogP contribution >= 0.6 is 0 Å². The number of imidazole rings is 1. The van der Waals surface area contributed by atoms with Crippen LogP contribution in [0.15, 0.2) is 47.9 Å². The van der Waals surface area contributed by atoms with Crippen LogP contribution in [0.5, 0.6) is 0 Å². The van der Waals surface area contributed by atoms with E-state index in [2.05, 4.69) is 14.7 Å². The van der Waals surface area contributed by atoms with Gasteiger partial charge in [-0.3, -0.25) is 4.79 Å². The minimum Gasteiger partial charge on any atom is -0.480 e. The number of nitrogens with one attached hydrogen (secondary N) is 2. The second kappa shape index (κ2) is 6.51. The Morgan fingerprint density at radius 1 is 1.33 bits per heavy atom. The number of sulfonamides is 1. The van der Waals surface area contributed by atoms with Gasteiger partial charge in [0.1, 0.15) is 6.04 Å². The Balaban J connectivity index is 2.05. The van der Waals surface area contributed by atoms with Crippen LogP contribution in [-0.2, 0) is 21.2 Å². The summed E-state index contributed by atoms with van der Waals surface area (Å²) >= 11 is 0. The average Bonchev–Trinajstić information content (AvgIpc) is 2.99. The molecule has 0 fully saturated rings. The molecule has 0 saturated heterocycles. The van der Waals surface area contributed by atoms with Crippen molar-refractivity contribution in [3.63, 3.8) is 0 Å². The summed E-state index contributed by atoms with van der Waals surface area (Å²) in [6.07, 6.45) is 2.96. The van der Waals surface area contributed by atoms with Gasteiger partial charge < -0.3 is 10.1 Å². The summed E-state index contributed by atoms with van der Waals surface area (Å²) in [5, 5.41) is 9.00. The number of hydrogen-bond donors (Lipinski definition) is 3. The van der Waals surface area contributed by atoms with Gasteiger partial charge in [0.2, 0.25) is 0 Å². The molecule has 1 unspecified atom stereocenters. The Labute approximate surface area is 122 Å². The minimum atomic E-state index is -3.91. The quantitative estimate of drug-likeness (QED) is 0.699. The standard InChI is InChI=1S/C13H15N3O4S/c17-13(18)11(7-6-10-4-2-1-3-5-10)16-21(19,20)12-8-14-9-15-12/h1-5,8-9,11,16H,6-7H2,(H,14,15)(H,17,18). The molecule has 1 aromatic carbocycles. The normalized spacial score (nSPS) is 13.0. The van der Waals surface area contributed by atoms with Crippen molar-refractivity contribution in [2.24, 2.45) is 0 Å². The van der Waals surface area contributed by atoms with Crippen LogP contribution in [-0.4, -0.2) is 35.5 Å². The number of H-pyrrole nitrogens is 1. The van der Waals surface area contributed by atoms with Crippen molar-refractivity contribution in [1.29, 1.82) is 0 Å². The van der Waals surface area contributed by atoms with Crippen LogP contribution in [0.25, 0.3) is 0 Å². The highest BCUT2D eigenvalue weighted by Gasteiger charge is 2.25. The lowest BCUT2D eigenvalue weighted by atomic mass is 10.1. The fraction of sp³-hybridized carbons (Fsp3) is 0.231. The molecule has 0 amide bonds. The topological polar surface area (TPSA) is 112 Å². The smallest absolute Gasteiger partial charge is 0.321 e. The Bertz CT molecular complexity index is 683. The van der Waals surface area contributed by atoms with Crippen molar-refractivity contribution >= 4 is 16.0 Å². The van der Waals surface area contributed by atoms with Gasteiger partial charge in [0.05, 0.1) is 12.5 Å². The van der Waals surface area contributed by atoms with E-state index >= 15 is 0 Å². The first kappa shape index (κ1) is 15.2. The second-order valence-corrected chi connectivity index (χ2v) is 6.13. The molecule has 0 bridgehead atoms. The summed E-state index contributed by atoms with van der Waals surface area (Å²) in [5.74, 6) is -1.21. The van der Waals surface area contributed by atoms with Crippen molar-refractivity contribution in [1.82, 2.24) is 14.7 Å². The van der Waals surface area contributed by atoms with Gasteiger partial charge in [0.15, 0.2) is 5.03 Å². The van der Waals surface area contributed by atoms with E-state index in [9.17, 15) is 13.2 Å². The molecule has 0 saturated carbocycles. The number of hydrogen-bond acceptors (Lipinski definition) is 4. The van der Waals surface area contributed by atoms with E-state index in [0.717, 1.165) is 11.8 Å². The third-order valence-corrected chi connectivity index (χ3v) is 4.32. The lowest BCUT2D eigenvalue weighted by molar-refractivity contribution is -0.139. The molecule has 112 valence electrons. The van der Waals surface area contributed by atoms with Crippen LogP contribution in [0.3, 0.4) is 0 Å². The molecular weight excluding hydrogens is 294 g/mol. The van der Waals surface area contributed by atoms with Crippen LogP contribution in [0, 0.1) is 0 Å². The summed E-state index contributed by atoms with van der Waals surface area (Å²) in [5.41, 5.74) is 0.949. The molecule has 2 aromatic rings. The van der Waals surface area contributed by atoms with Crippen LogP contribution in [0.1, 0.15) is 12.0 Å². The minimum absolute atomic E-state index is 0.159. The highest BCUT2D eigenvalue weighted by Crippen LogP contribution is 2.09. The van der Waals surface area contributed by atoms with Crippen LogP contribution in [0.2, 0.25) is 0 Å². The molecule has 0 spiro atoms. The second-order valence-electron chi connectivity index (χ2n) is 4.45. The van der Waals surface area contributed by atoms with Crippen molar-refractivity contribution in [3.05, 3.63) is 48.4 Å². The van der Waals surface area contributed by atoms with Gasteiger partial charge in [0, 0.05) is 0 Å². The number of aryl methyl sites for hydroxylation is 1. The molecular formula is C13H15N3O4S. The van der Waals surface area contributed by atoms with Crippen LogP contribution < -0.4 is 4.72 Å². The van der Waals surface area contributed by atoms with Crippen molar-refractivity contribution in [2.45, 2.75) is 23.9 Å². The van der Waals surface area contributed by atoms with Gasteiger partial charge in [-0.15, -0.1) is 0 Å². The lowest BCUT2D eigenvalue weighted by Gasteiger charge is -2.13. The number of carboxylic acids is 1. The zero-order valence-corrected chi connectivity index (χ0v) is 11.9. The van der Waals surface area contributed by atoms with E-state index in [-0.39, 0.29) is 11.4 Å². The van der Waals surface area contributed by atoms with E-state index in [4.69, 9.17) is 5.11 Å². The molecule has 2 rings (SSSR count). The summed E-state index contributed by atoms with van der Waals surface area (Å²) in [6.45, 7) is 0. The number of aliphatic carboxylic acids is 1. The van der Waals surface area contributed by atoms with Gasteiger partial charge >= 0.3 is 5.97 Å². The molecule has 3 N–H and O–H groups in total. The molecule has 21 heavy (non-hydrogen) atoms. The largest absolute Gasteiger partial charge is 0.480 e. The highest BCUT2D eigenvalue weighted by molar-refractivity contribution is 7.89. The fourth-order valence-corrected chi connectivity index (χ4v) is 2.96. The van der Waals surface area contributed by atoms with Gasteiger partial charge in [-0.25, -0.2) is 13.4 Å². The van der Waals surface area contributed by atoms with Gasteiger partial charge in [-0.1, -0.05) is 30.3 Å². The summed E-state index contributed by atoms with van der Waals surface area (Å²) < 4.78 is 26.1. The number of carbonyl (C=O) groups is 1. The van der Waals surface area contributed by atoms with E-state index in [1.165, 1.54) is 6.33 Å². The summed E-state index contributed by atoms with van der Waals surface area (Å²) in [4.78, 5) is 17.3. The monoisotopic (exact) mass is 309 g/mol. The Hall–Kier alpha value is -2.19. The van der Waals surface area contributed by atoms with Crippen LogP contribution in [0.4, 0.5) is 0 Å². The Kier molecular flexibility index (Phi) is 4.71. The van der Waals surface area contributed by atoms with Gasteiger partial charge in [0.25, 0.3) is 10.0 Å². The van der Waals surface area contributed by atoms with Crippen molar-refractivity contribution in [3.8, 4) is 0 Å². The molecule has 7 nitrogen and oxygen atoms in total. The van der Waals surface area contributed by atoms with Crippen molar-refractivity contribution < 1.29 is 18.3 Å². The predicted octanol–water partition coefficient (Wildman–Crippen LogP) is 0.774. The summed E-state index contributed by atoms with van der Waals surface area (Å²) in [7, 11) is -3.91. The maximum Gasteiger partial charge on any atom is 0.321 e. The molecule has 0 aliphatic carbocycles. The number of nitrogens with zero attached hydrogens (tertiary/aromatic N) is 1. The lowest BCUT2D eigenvalue weighted by Crippen LogP contribution is -2.41. The maximum atomic E-state index is 12.0. The number of aromatic amines is 1. The first-order valence-corrected chi connectivity index (χ1v) is 7.75. The highest BCUT2D eigenvalue weighted by atomic mass is 32.2. The van der Waals surface area contributed by atoms with Gasteiger partial charge in [-0.05, 0) is 18.4 Å². The van der Waals surface area contributed by atoms with E-state index in [1.807, 2.05) is 30.3 Å². The molecule has 0 aliphatic heterocycles. The van der Waals surface area contributed by atoms with E-state index in [1.54, 1.807) is 0 Å². The first-order valence-electron chi connectivity index (χ1n) is 6.26. The molecule has 0 aliphatic rings. The molecule has 1 heterocycles. The molecule has 1 atom stereocenters. The van der Waals surface area contributed by atoms with E-state index in [0.29, 0.717) is 6.42 Å². The fourth-order valence-electron chi connectivity index (χ4n) is 1.83. The van der Waals surface area contributed by atoms with Gasteiger partial charge in [-0.2, -0.15) is 4.72 Å². The SMILES string of the molecule is O=C(O)C(CCc1ccccc1)NS(=O)(=O)c1cnc[nH]1. The first-order chi connectivity index (χ1) is 9.99. The molecule has 1 aromatic heterocycles. The predicted molar refractivity (Wildman–Crippen MR) is 75.1 cm³/mol. The van der Waals surface area contributed by atoms with Crippen molar-refractivity contribution in [2.75, 3.05) is 0 Å².